The summed E-state index contributed by atoms with van der Waals surface area (Å²) in [7, 11) is 0. The normalized spacial score (nSPS) is 11.1. The van der Waals surface area contributed by atoms with Gasteiger partial charge in [-0.1, -0.05) is 11.6 Å². The van der Waals surface area contributed by atoms with Crippen LogP contribution in [-0.4, -0.2) is 35.6 Å². The molecule has 8 heteroatoms. The number of aromatic nitrogens is 2. The van der Waals surface area contributed by atoms with Gasteiger partial charge in [0.05, 0.1) is 24.9 Å². The van der Waals surface area contributed by atoms with Crippen LogP contribution in [0.5, 0.6) is 5.75 Å². The average molecular weight is 318 g/mol. The first-order valence-corrected chi connectivity index (χ1v) is 6.97. The van der Waals surface area contributed by atoms with Crippen LogP contribution in [-0.2, 0) is 10.3 Å². The summed E-state index contributed by atoms with van der Waals surface area (Å²) in [4.78, 5) is 23.1. The van der Waals surface area contributed by atoms with Gasteiger partial charge in [0.25, 0.3) is 5.56 Å². The van der Waals surface area contributed by atoms with Crippen LogP contribution in [0.4, 0.5) is 4.79 Å². The van der Waals surface area contributed by atoms with Crippen molar-refractivity contribution in [2.45, 2.75) is 33.2 Å². The van der Waals surface area contributed by atoms with Crippen molar-refractivity contribution < 1.29 is 14.3 Å². The van der Waals surface area contributed by atoms with Crippen molar-refractivity contribution in [3.05, 3.63) is 21.6 Å². The van der Waals surface area contributed by atoms with E-state index in [4.69, 9.17) is 21.1 Å². The molecule has 0 fully saturated rings. The maximum atomic E-state index is 12.1. The van der Waals surface area contributed by atoms with Crippen LogP contribution < -0.4 is 15.6 Å². The Kier molecular flexibility index (Phi) is 6.02. The molecule has 0 unspecified atom stereocenters. The summed E-state index contributed by atoms with van der Waals surface area (Å²) in [6, 6.07) is 0. The van der Waals surface area contributed by atoms with Crippen LogP contribution in [0.1, 0.15) is 27.7 Å². The molecule has 21 heavy (non-hydrogen) atoms. The molecule has 1 amide bonds. The summed E-state index contributed by atoms with van der Waals surface area (Å²) in [6.45, 7) is 7.94. The third kappa shape index (κ3) is 4.93. The van der Waals surface area contributed by atoms with Crippen LogP contribution in [0.3, 0.4) is 0 Å². The minimum absolute atomic E-state index is 0.0314. The number of alkyl carbamates (subject to hydrolysis) is 1. The molecule has 0 aliphatic rings. The highest BCUT2D eigenvalue weighted by Crippen LogP contribution is 2.20. The van der Waals surface area contributed by atoms with Crippen molar-refractivity contribution >= 4 is 17.7 Å². The van der Waals surface area contributed by atoms with Gasteiger partial charge < -0.3 is 14.8 Å². The molecule has 0 atom stereocenters. The predicted octanol–water partition coefficient (Wildman–Crippen LogP) is 1.78. The number of carbonyl (C=O) groups excluding carboxylic acids is 1. The highest BCUT2D eigenvalue weighted by molar-refractivity contribution is 6.31. The minimum Gasteiger partial charge on any atom is -0.488 e. The summed E-state index contributed by atoms with van der Waals surface area (Å²) < 4.78 is 11.3. The van der Waals surface area contributed by atoms with Gasteiger partial charge in [0, 0.05) is 0 Å². The molecule has 118 valence electrons. The Morgan fingerprint density at radius 1 is 1.48 bits per heavy atom. The first-order valence-electron chi connectivity index (χ1n) is 6.59. The van der Waals surface area contributed by atoms with Crippen molar-refractivity contribution in [2.75, 3.05) is 19.8 Å². The maximum Gasteiger partial charge on any atom is 0.407 e. The number of hydrogen-bond acceptors (Lipinski definition) is 5. The Morgan fingerprint density at radius 3 is 2.71 bits per heavy atom. The Bertz CT molecular complexity index is 551. The van der Waals surface area contributed by atoms with Gasteiger partial charge >= 0.3 is 6.09 Å². The number of hydrogen-bond donors (Lipinski definition) is 1. The van der Waals surface area contributed by atoms with Crippen LogP contribution >= 0.6 is 11.6 Å². The van der Waals surface area contributed by atoms with E-state index in [2.05, 4.69) is 10.4 Å². The topological polar surface area (TPSA) is 82.4 Å². The van der Waals surface area contributed by atoms with Crippen molar-refractivity contribution in [1.82, 2.24) is 15.1 Å². The number of amides is 1. The van der Waals surface area contributed by atoms with Crippen LogP contribution in [0.15, 0.2) is 11.0 Å². The molecule has 0 aromatic carbocycles. The number of nitrogens with one attached hydrogen (secondary N) is 1. The van der Waals surface area contributed by atoms with Gasteiger partial charge in [-0.05, 0) is 27.7 Å². The zero-order chi connectivity index (χ0) is 16.0. The molecule has 0 radical (unpaired) electrons. The molecule has 0 saturated carbocycles. The maximum absolute atomic E-state index is 12.1. The lowest BCUT2D eigenvalue weighted by molar-refractivity contribution is 0.150. The molecular weight excluding hydrogens is 298 g/mol. The molecule has 0 aliphatic carbocycles. The Hall–Kier alpha value is -1.76. The van der Waals surface area contributed by atoms with E-state index >= 15 is 0 Å². The smallest absolute Gasteiger partial charge is 0.407 e. The standard InChI is InChI=1S/C13H20ClN3O4/c1-5-20-12(19)15-6-7-21-9-8-16-17(13(2,3)4)11(18)10(9)14/h8H,5-7H2,1-4H3,(H,15,19). The monoisotopic (exact) mass is 317 g/mol. The molecule has 1 rings (SSSR count). The van der Waals surface area contributed by atoms with Crippen LogP contribution in [0.25, 0.3) is 0 Å². The third-order valence-corrected chi connectivity index (χ3v) is 2.77. The van der Waals surface area contributed by atoms with Crippen molar-refractivity contribution in [3.63, 3.8) is 0 Å². The zero-order valence-electron chi connectivity index (χ0n) is 12.6. The molecule has 0 bridgehead atoms. The van der Waals surface area contributed by atoms with E-state index < -0.39 is 17.2 Å². The van der Waals surface area contributed by atoms with E-state index in [1.54, 1.807) is 6.92 Å². The van der Waals surface area contributed by atoms with Gasteiger partial charge in [0.2, 0.25) is 0 Å². The van der Waals surface area contributed by atoms with Gasteiger partial charge in [0.15, 0.2) is 10.8 Å². The minimum atomic E-state index is -0.520. The number of rotatable bonds is 5. The Balaban J connectivity index is 2.64. The summed E-state index contributed by atoms with van der Waals surface area (Å²) in [5.41, 5.74) is -0.884. The number of nitrogens with zero attached hydrogens (tertiary/aromatic N) is 2. The fraction of sp³-hybridized carbons (Fsp3) is 0.615. The number of halogens is 1. The highest BCUT2D eigenvalue weighted by Gasteiger charge is 2.19. The second-order valence-electron chi connectivity index (χ2n) is 5.21. The summed E-state index contributed by atoms with van der Waals surface area (Å²) >= 11 is 5.99. The number of ether oxygens (including phenoxy) is 2. The molecule has 0 aliphatic heterocycles. The zero-order valence-corrected chi connectivity index (χ0v) is 13.4. The lowest BCUT2D eigenvalue weighted by Crippen LogP contribution is -2.36. The van der Waals surface area contributed by atoms with E-state index in [0.717, 1.165) is 0 Å². The quantitative estimate of drug-likeness (QED) is 0.837. The van der Waals surface area contributed by atoms with E-state index in [-0.39, 0.29) is 23.9 Å². The van der Waals surface area contributed by atoms with E-state index in [1.807, 2.05) is 20.8 Å². The largest absolute Gasteiger partial charge is 0.488 e. The molecular formula is C13H20ClN3O4. The van der Waals surface area contributed by atoms with Gasteiger partial charge in [-0.25, -0.2) is 9.48 Å². The summed E-state index contributed by atoms with van der Waals surface area (Å²) in [5.74, 6) is 0.188. The Labute approximate surface area is 128 Å². The van der Waals surface area contributed by atoms with E-state index in [9.17, 15) is 9.59 Å². The van der Waals surface area contributed by atoms with Crippen LogP contribution in [0, 0.1) is 0 Å². The molecule has 1 heterocycles. The van der Waals surface area contributed by atoms with Gasteiger partial charge in [0.1, 0.15) is 6.61 Å². The molecule has 7 nitrogen and oxygen atoms in total. The van der Waals surface area contributed by atoms with E-state index in [0.29, 0.717) is 6.61 Å². The molecule has 0 spiro atoms. The molecule has 1 aromatic heterocycles. The number of carbonyl (C=O) groups is 1. The fourth-order valence-corrected chi connectivity index (χ4v) is 1.68. The summed E-state index contributed by atoms with van der Waals surface area (Å²) in [6.07, 6.45) is 0.868. The first kappa shape index (κ1) is 17.3. The first-order chi connectivity index (χ1) is 9.77. The molecule has 1 aromatic rings. The molecule has 1 N–H and O–H groups in total. The highest BCUT2D eigenvalue weighted by atomic mass is 35.5. The van der Waals surface area contributed by atoms with Crippen LogP contribution in [0.2, 0.25) is 5.02 Å². The second-order valence-corrected chi connectivity index (χ2v) is 5.58. The predicted molar refractivity (Wildman–Crippen MR) is 79.0 cm³/mol. The lowest BCUT2D eigenvalue weighted by atomic mass is 10.1. The van der Waals surface area contributed by atoms with Crippen molar-refractivity contribution in [1.29, 1.82) is 0 Å². The van der Waals surface area contributed by atoms with E-state index in [1.165, 1.54) is 10.9 Å². The fourth-order valence-electron chi connectivity index (χ4n) is 1.49. The second kappa shape index (κ2) is 7.31. The third-order valence-electron chi connectivity index (χ3n) is 2.43. The molecule has 0 saturated heterocycles. The Morgan fingerprint density at radius 2 is 2.14 bits per heavy atom. The average Bonchev–Trinajstić information content (AvgIpc) is 2.38. The van der Waals surface area contributed by atoms with Crippen molar-refractivity contribution in [3.8, 4) is 5.75 Å². The van der Waals surface area contributed by atoms with Gasteiger partial charge in [-0.2, -0.15) is 5.10 Å². The van der Waals surface area contributed by atoms with Gasteiger partial charge in [-0.3, -0.25) is 4.79 Å². The van der Waals surface area contributed by atoms with Crippen molar-refractivity contribution in [2.24, 2.45) is 0 Å². The summed E-state index contributed by atoms with van der Waals surface area (Å²) in [5, 5.41) is 6.50. The lowest BCUT2D eigenvalue weighted by Gasteiger charge is -2.21. The SMILES string of the molecule is CCOC(=O)NCCOc1cnn(C(C)(C)C)c(=O)c1Cl. The van der Waals surface area contributed by atoms with Gasteiger partial charge in [-0.15, -0.1) is 0 Å².